The first kappa shape index (κ1) is 26.7. The second-order valence-electron chi connectivity index (χ2n) is 12.0. The van der Waals surface area contributed by atoms with Crippen LogP contribution < -0.4 is 5.32 Å². The number of pyridine rings is 2. The van der Waals surface area contributed by atoms with Crippen molar-refractivity contribution in [2.45, 2.75) is 51.7 Å². The molecule has 2 saturated heterocycles. The molecule has 2 aliphatic heterocycles. The largest absolute Gasteiger partial charge is 0.351 e. The Morgan fingerprint density at radius 3 is 2.49 bits per heavy atom. The third-order valence-electron chi connectivity index (χ3n) is 8.21. The third kappa shape index (κ3) is 5.08. The zero-order valence-corrected chi connectivity index (χ0v) is 23.5. The molecule has 6 rings (SSSR count). The van der Waals surface area contributed by atoms with Gasteiger partial charge >= 0.3 is 0 Å². The van der Waals surface area contributed by atoms with Crippen LogP contribution in [-0.4, -0.2) is 73.7 Å². The number of H-pyrrole nitrogens is 1. The number of likely N-dealkylation sites (tertiary alicyclic amines) is 2. The van der Waals surface area contributed by atoms with Gasteiger partial charge in [0.05, 0.1) is 12.1 Å². The molecule has 0 saturated carbocycles. The summed E-state index contributed by atoms with van der Waals surface area (Å²) in [5.74, 6) is -0.548. The van der Waals surface area contributed by atoms with Crippen LogP contribution in [0.4, 0.5) is 0 Å². The smallest absolute Gasteiger partial charge is 0.272 e. The molecular formula is C32H34N6O3. The fraction of sp³-hybridized carbons (Fsp3) is 0.344. The molecule has 3 atom stereocenters. The summed E-state index contributed by atoms with van der Waals surface area (Å²) in [6, 6.07) is 16.1. The molecule has 1 aromatic carbocycles. The number of nitrogens with one attached hydrogen (secondary N) is 2. The highest BCUT2D eigenvalue weighted by Gasteiger charge is 2.51. The van der Waals surface area contributed by atoms with Crippen LogP contribution >= 0.6 is 0 Å². The number of fused-ring (bicyclic) bond motifs is 2. The number of hydrogen-bond donors (Lipinski definition) is 2. The van der Waals surface area contributed by atoms with Gasteiger partial charge in [-0.15, -0.1) is 0 Å². The number of benzene rings is 1. The maximum absolute atomic E-state index is 13.9. The minimum Gasteiger partial charge on any atom is -0.351 e. The van der Waals surface area contributed by atoms with Crippen molar-refractivity contribution in [2.24, 2.45) is 5.41 Å². The van der Waals surface area contributed by atoms with E-state index in [1.165, 1.54) is 0 Å². The molecule has 0 bridgehead atoms. The van der Waals surface area contributed by atoms with Crippen LogP contribution in [0.25, 0.3) is 22.0 Å². The Balaban J connectivity index is 1.14. The van der Waals surface area contributed by atoms with E-state index in [-0.39, 0.29) is 29.8 Å². The number of aromatic amines is 1. The quantitative estimate of drug-likeness (QED) is 0.385. The molecule has 1 unspecified atom stereocenters. The fourth-order valence-electron chi connectivity index (χ4n) is 5.92. The number of amides is 3. The zero-order valence-electron chi connectivity index (χ0n) is 23.5. The first-order valence-electron chi connectivity index (χ1n) is 14.1. The van der Waals surface area contributed by atoms with Crippen LogP contribution in [0, 0.1) is 5.41 Å². The van der Waals surface area contributed by atoms with Gasteiger partial charge in [-0.2, -0.15) is 0 Å². The van der Waals surface area contributed by atoms with Gasteiger partial charge in [0, 0.05) is 53.7 Å². The van der Waals surface area contributed by atoms with E-state index >= 15 is 0 Å². The standard InChI is InChI=1S/C32H34N6O3/c1-32(2,3)28(36-29(39)25-16-20-8-4-5-10-23(20)35-25)31(41)38-19-27-26(38)11-7-15-37(27)30(40)24-13-12-22(18-34-24)21-9-6-14-33-17-21/h4-6,8-10,12-14,16-18,26-28,35H,7,11,15,19H2,1-3H3,(H,36,39)/t26?,27-,28-/m1/s1. The van der Waals surface area contributed by atoms with E-state index in [4.69, 9.17) is 0 Å². The molecule has 2 fully saturated rings. The van der Waals surface area contributed by atoms with Gasteiger partial charge in [0.2, 0.25) is 5.91 Å². The Labute approximate surface area is 239 Å². The lowest BCUT2D eigenvalue weighted by Crippen LogP contribution is -2.73. The maximum Gasteiger partial charge on any atom is 0.272 e. The molecule has 0 radical (unpaired) electrons. The highest BCUT2D eigenvalue weighted by atomic mass is 16.2. The number of nitrogens with zero attached hydrogens (tertiary/aromatic N) is 4. The monoisotopic (exact) mass is 550 g/mol. The average Bonchev–Trinajstić information content (AvgIpc) is 3.40. The van der Waals surface area contributed by atoms with Crippen molar-refractivity contribution in [3.8, 4) is 11.1 Å². The molecule has 3 aromatic heterocycles. The van der Waals surface area contributed by atoms with Crippen LogP contribution in [0.1, 0.15) is 54.6 Å². The highest BCUT2D eigenvalue weighted by Crippen LogP contribution is 2.35. The van der Waals surface area contributed by atoms with Crippen molar-refractivity contribution in [3.63, 3.8) is 0 Å². The van der Waals surface area contributed by atoms with Gasteiger partial charge in [0.25, 0.3) is 11.8 Å². The number of piperidine rings is 1. The van der Waals surface area contributed by atoms with Crippen LogP contribution in [-0.2, 0) is 4.79 Å². The molecule has 5 heterocycles. The Hall–Kier alpha value is -4.53. The normalized spacial score (nSPS) is 19.3. The van der Waals surface area contributed by atoms with E-state index in [0.29, 0.717) is 24.5 Å². The Morgan fingerprint density at radius 1 is 0.976 bits per heavy atom. The maximum atomic E-state index is 13.9. The molecule has 2 aliphatic rings. The molecule has 0 aliphatic carbocycles. The van der Waals surface area contributed by atoms with Gasteiger partial charge in [-0.25, -0.2) is 0 Å². The first-order chi connectivity index (χ1) is 19.7. The number of hydrogen-bond acceptors (Lipinski definition) is 5. The lowest BCUT2D eigenvalue weighted by Gasteiger charge is -2.56. The lowest BCUT2D eigenvalue weighted by atomic mass is 9.81. The minimum absolute atomic E-state index is 0.0648. The number of para-hydroxylation sites is 1. The summed E-state index contributed by atoms with van der Waals surface area (Å²) >= 11 is 0. The molecule has 4 aromatic rings. The lowest BCUT2D eigenvalue weighted by molar-refractivity contribution is -0.152. The van der Waals surface area contributed by atoms with Crippen molar-refractivity contribution in [3.05, 3.63) is 84.6 Å². The minimum atomic E-state index is -0.713. The van der Waals surface area contributed by atoms with Crippen molar-refractivity contribution in [1.29, 1.82) is 0 Å². The predicted molar refractivity (Wildman–Crippen MR) is 156 cm³/mol. The Bertz CT molecular complexity index is 1560. The number of aromatic nitrogens is 3. The van der Waals surface area contributed by atoms with E-state index in [9.17, 15) is 14.4 Å². The summed E-state index contributed by atoms with van der Waals surface area (Å²) in [5.41, 5.74) is 3.01. The number of rotatable bonds is 5. The van der Waals surface area contributed by atoms with E-state index in [1.54, 1.807) is 30.7 Å². The zero-order chi connectivity index (χ0) is 28.7. The first-order valence-corrected chi connectivity index (χ1v) is 14.1. The summed E-state index contributed by atoms with van der Waals surface area (Å²) in [6.45, 7) is 6.94. The van der Waals surface area contributed by atoms with Crippen molar-refractivity contribution < 1.29 is 14.4 Å². The van der Waals surface area contributed by atoms with Crippen LogP contribution in [0.2, 0.25) is 0 Å². The second kappa shape index (κ2) is 10.5. The van der Waals surface area contributed by atoms with E-state index < -0.39 is 11.5 Å². The van der Waals surface area contributed by atoms with E-state index in [1.807, 2.05) is 73.0 Å². The Kier molecular flexibility index (Phi) is 6.81. The van der Waals surface area contributed by atoms with Crippen molar-refractivity contribution >= 4 is 28.6 Å². The van der Waals surface area contributed by atoms with Gasteiger partial charge in [-0.1, -0.05) is 51.1 Å². The average molecular weight is 551 g/mol. The second-order valence-corrected chi connectivity index (χ2v) is 12.0. The van der Waals surface area contributed by atoms with Crippen molar-refractivity contribution in [2.75, 3.05) is 13.1 Å². The van der Waals surface area contributed by atoms with Crippen LogP contribution in [0.15, 0.2) is 73.2 Å². The molecule has 2 N–H and O–H groups in total. The SMILES string of the molecule is CC(C)(C)[C@H](NC(=O)c1cc2ccccc2[nH]1)C(=O)N1C[C@@H]2C1CCCN2C(=O)c1ccc(-c2cccnc2)cn1. The molecule has 3 amide bonds. The predicted octanol–water partition coefficient (Wildman–Crippen LogP) is 4.29. The molecule has 210 valence electrons. The molecule has 9 nitrogen and oxygen atoms in total. The summed E-state index contributed by atoms with van der Waals surface area (Å²) in [4.78, 5) is 56.0. The molecule has 9 heteroatoms. The summed E-state index contributed by atoms with van der Waals surface area (Å²) in [7, 11) is 0. The third-order valence-corrected chi connectivity index (χ3v) is 8.21. The molecule has 41 heavy (non-hydrogen) atoms. The van der Waals surface area contributed by atoms with Gasteiger partial charge in [-0.05, 0) is 42.5 Å². The van der Waals surface area contributed by atoms with Crippen LogP contribution in [0.3, 0.4) is 0 Å². The number of carbonyl (C=O) groups is 3. The van der Waals surface area contributed by atoms with Crippen LogP contribution in [0.5, 0.6) is 0 Å². The molecule has 0 spiro atoms. The summed E-state index contributed by atoms with van der Waals surface area (Å²) in [5, 5.41) is 3.94. The van der Waals surface area contributed by atoms with Gasteiger partial charge in [0.1, 0.15) is 17.4 Å². The van der Waals surface area contributed by atoms with E-state index in [0.717, 1.165) is 34.9 Å². The van der Waals surface area contributed by atoms with Gasteiger partial charge in [-0.3, -0.25) is 24.4 Å². The summed E-state index contributed by atoms with van der Waals surface area (Å²) < 4.78 is 0. The van der Waals surface area contributed by atoms with Crippen molar-refractivity contribution in [1.82, 2.24) is 30.1 Å². The highest BCUT2D eigenvalue weighted by molar-refractivity contribution is 6.00. The van der Waals surface area contributed by atoms with E-state index in [2.05, 4.69) is 20.3 Å². The molecular weight excluding hydrogens is 516 g/mol. The fourth-order valence-corrected chi connectivity index (χ4v) is 5.92. The van der Waals surface area contributed by atoms with Gasteiger partial charge in [0.15, 0.2) is 0 Å². The topological polar surface area (TPSA) is 111 Å². The Morgan fingerprint density at radius 2 is 1.78 bits per heavy atom. The number of carbonyl (C=O) groups excluding carboxylic acids is 3. The van der Waals surface area contributed by atoms with Gasteiger partial charge < -0.3 is 20.1 Å². The summed E-state index contributed by atoms with van der Waals surface area (Å²) in [6.07, 6.45) is 6.80.